The minimum Gasteiger partial charge on any atom is -0.398 e. The van der Waals surface area contributed by atoms with Crippen LogP contribution in [0, 0.1) is 10.1 Å². The highest BCUT2D eigenvalue weighted by atomic mass is 16.6. The van der Waals surface area contributed by atoms with Crippen LogP contribution in [-0.4, -0.2) is 30.1 Å². The molecule has 3 N–H and O–H groups in total. The third-order valence-electron chi connectivity index (χ3n) is 3.28. The van der Waals surface area contributed by atoms with Crippen molar-refractivity contribution < 1.29 is 14.5 Å². The van der Waals surface area contributed by atoms with Crippen molar-refractivity contribution in [3.63, 3.8) is 0 Å². The Hall–Kier alpha value is -2.15. The van der Waals surface area contributed by atoms with Crippen LogP contribution >= 0.6 is 0 Å². The third-order valence-corrected chi connectivity index (χ3v) is 3.28. The smallest absolute Gasteiger partial charge is 0.270 e. The number of nitrogen functional groups attached to an aromatic ring is 1. The lowest BCUT2D eigenvalue weighted by Crippen LogP contribution is -2.35. The van der Waals surface area contributed by atoms with E-state index in [9.17, 15) is 14.9 Å². The van der Waals surface area contributed by atoms with Crippen LogP contribution in [0.2, 0.25) is 0 Å². The van der Waals surface area contributed by atoms with Gasteiger partial charge in [-0.05, 0) is 25.3 Å². The Kier molecular flexibility index (Phi) is 4.52. The van der Waals surface area contributed by atoms with Crippen LogP contribution in [-0.2, 0) is 4.74 Å². The second-order valence-corrected chi connectivity index (χ2v) is 4.74. The molecule has 0 bridgehead atoms. The molecule has 20 heavy (non-hydrogen) atoms. The van der Waals surface area contributed by atoms with Gasteiger partial charge in [-0.1, -0.05) is 0 Å². The first-order valence-electron chi connectivity index (χ1n) is 6.50. The Morgan fingerprint density at radius 2 is 2.20 bits per heavy atom. The minimum absolute atomic E-state index is 0.0173. The number of hydrogen-bond donors (Lipinski definition) is 2. The molecule has 1 aliphatic rings. The van der Waals surface area contributed by atoms with Crippen LogP contribution in [0.15, 0.2) is 18.2 Å². The van der Waals surface area contributed by atoms with Gasteiger partial charge in [-0.15, -0.1) is 0 Å². The molecular weight excluding hydrogens is 262 g/mol. The summed E-state index contributed by atoms with van der Waals surface area (Å²) < 4.78 is 5.32. The van der Waals surface area contributed by atoms with Crippen LogP contribution in [0.3, 0.4) is 0 Å². The molecule has 0 saturated carbocycles. The van der Waals surface area contributed by atoms with E-state index < -0.39 is 4.92 Å². The second kappa shape index (κ2) is 6.33. The quantitative estimate of drug-likeness (QED) is 0.495. The number of non-ortho nitro benzene ring substituents is 1. The van der Waals surface area contributed by atoms with Crippen LogP contribution in [0.4, 0.5) is 11.4 Å². The molecule has 0 aromatic heterocycles. The molecule has 0 radical (unpaired) electrons. The number of ether oxygens (including phenoxy) is 1. The van der Waals surface area contributed by atoms with Crippen molar-refractivity contribution >= 4 is 17.3 Å². The summed E-state index contributed by atoms with van der Waals surface area (Å²) in [5.41, 5.74) is 5.95. The molecule has 1 atom stereocenters. The Labute approximate surface area is 116 Å². The maximum atomic E-state index is 12.2. The monoisotopic (exact) mass is 279 g/mol. The number of carbonyl (C=O) groups is 1. The molecule has 7 nitrogen and oxygen atoms in total. The Balaban J connectivity index is 2.11. The predicted octanol–water partition coefficient (Wildman–Crippen LogP) is 1.48. The Morgan fingerprint density at radius 3 is 2.95 bits per heavy atom. The van der Waals surface area contributed by atoms with Crippen molar-refractivity contribution in [3.8, 4) is 0 Å². The molecule has 1 saturated heterocycles. The largest absolute Gasteiger partial charge is 0.398 e. The molecule has 1 heterocycles. The van der Waals surface area contributed by atoms with Crippen LogP contribution < -0.4 is 11.1 Å². The fraction of sp³-hybridized carbons (Fsp3) is 0.462. The number of nitro groups is 1. The molecule has 1 aromatic carbocycles. The maximum Gasteiger partial charge on any atom is 0.270 e. The number of amides is 1. The number of anilines is 1. The molecule has 0 aliphatic carbocycles. The number of benzene rings is 1. The predicted molar refractivity (Wildman–Crippen MR) is 73.4 cm³/mol. The molecule has 1 aliphatic heterocycles. The first kappa shape index (κ1) is 14.3. The van der Waals surface area contributed by atoms with Gasteiger partial charge < -0.3 is 15.8 Å². The SMILES string of the molecule is Nc1ccc([N+](=O)[O-])cc1C(=O)N[C@@H]1CCCOCC1. The van der Waals surface area contributed by atoms with Crippen molar-refractivity contribution in [2.75, 3.05) is 18.9 Å². The summed E-state index contributed by atoms with van der Waals surface area (Å²) in [5.74, 6) is -0.377. The zero-order valence-corrected chi connectivity index (χ0v) is 11.0. The van der Waals surface area contributed by atoms with Gasteiger partial charge in [-0.25, -0.2) is 0 Å². The lowest BCUT2D eigenvalue weighted by Gasteiger charge is -2.16. The summed E-state index contributed by atoms with van der Waals surface area (Å²) in [6, 6.07) is 3.89. The average Bonchev–Trinajstić information content (AvgIpc) is 2.67. The molecule has 1 fully saturated rings. The van der Waals surface area contributed by atoms with Crippen LogP contribution in [0.5, 0.6) is 0 Å². The minimum atomic E-state index is -0.546. The number of nitrogens with one attached hydrogen (secondary N) is 1. The molecule has 2 rings (SSSR count). The highest BCUT2D eigenvalue weighted by Gasteiger charge is 2.19. The van der Waals surface area contributed by atoms with E-state index in [0.717, 1.165) is 19.3 Å². The van der Waals surface area contributed by atoms with Gasteiger partial charge >= 0.3 is 0 Å². The van der Waals surface area contributed by atoms with E-state index in [1.165, 1.54) is 18.2 Å². The summed E-state index contributed by atoms with van der Waals surface area (Å²) in [6.07, 6.45) is 2.45. The van der Waals surface area contributed by atoms with Crippen molar-refractivity contribution in [1.82, 2.24) is 5.32 Å². The summed E-state index contributed by atoms with van der Waals surface area (Å²) in [6.45, 7) is 1.31. The number of carbonyl (C=O) groups excluding carboxylic acids is 1. The molecule has 7 heteroatoms. The van der Waals surface area contributed by atoms with Gasteiger partial charge in [-0.2, -0.15) is 0 Å². The van der Waals surface area contributed by atoms with Gasteiger partial charge in [0.05, 0.1) is 10.5 Å². The molecule has 0 spiro atoms. The summed E-state index contributed by atoms with van der Waals surface area (Å²) >= 11 is 0. The first-order valence-corrected chi connectivity index (χ1v) is 6.50. The first-order chi connectivity index (χ1) is 9.58. The number of hydrogen-bond acceptors (Lipinski definition) is 5. The van der Waals surface area contributed by atoms with E-state index in [2.05, 4.69) is 5.32 Å². The van der Waals surface area contributed by atoms with Gasteiger partial charge in [-0.3, -0.25) is 14.9 Å². The molecule has 1 aromatic rings. The van der Waals surface area contributed by atoms with Gasteiger partial charge in [0.1, 0.15) is 0 Å². The second-order valence-electron chi connectivity index (χ2n) is 4.74. The van der Waals surface area contributed by atoms with Crippen molar-refractivity contribution in [3.05, 3.63) is 33.9 Å². The maximum absolute atomic E-state index is 12.2. The molecule has 0 unspecified atom stereocenters. The van der Waals surface area contributed by atoms with E-state index in [-0.39, 0.29) is 28.9 Å². The fourth-order valence-electron chi connectivity index (χ4n) is 2.17. The summed E-state index contributed by atoms with van der Waals surface area (Å²) in [4.78, 5) is 22.4. The molecule has 1 amide bonds. The Morgan fingerprint density at radius 1 is 1.40 bits per heavy atom. The van der Waals surface area contributed by atoms with Gasteiger partial charge in [0.15, 0.2) is 0 Å². The number of nitrogens with two attached hydrogens (primary N) is 1. The summed E-state index contributed by atoms with van der Waals surface area (Å²) in [5, 5.41) is 13.6. The standard InChI is InChI=1S/C13H17N3O4/c14-12-4-3-10(16(18)19)8-11(12)13(17)15-9-2-1-6-20-7-5-9/h3-4,8-9H,1-2,5-7,14H2,(H,15,17)/t9-/m1/s1. The van der Waals surface area contributed by atoms with E-state index in [1.807, 2.05) is 0 Å². The Bertz CT molecular complexity index is 510. The fourth-order valence-corrected chi connectivity index (χ4v) is 2.17. The van der Waals surface area contributed by atoms with E-state index in [4.69, 9.17) is 10.5 Å². The van der Waals surface area contributed by atoms with Crippen molar-refractivity contribution in [2.45, 2.75) is 25.3 Å². The lowest BCUT2D eigenvalue weighted by molar-refractivity contribution is -0.384. The van der Waals surface area contributed by atoms with E-state index >= 15 is 0 Å². The van der Waals surface area contributed by atoms with Crippen LogP contribution in [0.1, 0.15) is 29.6 Å². The summed E-state index contributed by atoms with van der Waals surface area (Å²) in [7, 11) is 0. The topological polar surface area (TPSA) is 107 Å². The molecular formula is C13H17N3O4. The van der Waals surface area contributed by atoms with Gasteiger partial charge in [0.2, 0.25) is 0 Å². The van der Waals surface area contributed by atoms with Gasteiger partial charge in [0.25, 0.3) is 11.6 Å². The number of nitrogens with zero attached hydrogens (tertiary/aromatic N) is 1. The van der Waals surface area contributed by atoms with E-state index in [0.29, 0.717) is 13.2 Å². The zero-order valence-electron chi connectivity index (χ0n) is 11.0. The number of nitro benzene ring substituents is 1. The lowest BCUT2D eigenvalue weighted by atomic mass is 10.1. The highest BCUT2D eigenvalue weighted by Crippen LogP contribution is 2.20. The zero-order chi connectivity index (χ0) is 14.5. The number of rotatable bonds is 3. The van der Waals surface area contributed by atoms with Crippen molar-refractivity contribution in [1.29, 1.82) is 0 Å². The normalized spacial score (nSPS) is 19.1. The highest BCUT2D eigenvalue weighted by molar-refractivity contribution is 5.99. The van der Waals surface area contributed by atoms with E-state index in [1.54, 1.807) is 0 Å². The van der Waals surface area contributed by atoms with Gasteiger partial charge in [0, 0.05) is 37.1 Å². The third kappa shape index (κ3) is 3.45. The van der Waals surface area contributed by atoms with Crippen molar-refractivity contribution in [2.24, 2.45) is 0 Å². The molecule has 108 valence electrons. The van der Waals surface area contributed by atoms with Crippen LogP contribution in [0.25, 0.3) is 0 Å². The average molecular weight is 279 g/mol.